The molecule has 1 atom stereocenters. The van der Waals surface area contributed by atoms with Crippen LogP contribution in [0.5, 0.6) is 17.2 Å². The predicted molar refractivity (Wildman–Crippen MR) is 168 cm³/mol. The molecule has 2 aromatic carbocycles. The SMILES string of the molecule is CC[C@@H]1NC(=O)CCCN(C(=O)Cn2nc(C)cc2C)CCCNC(=O)c2ccc(OC)c(c2)Oc2ccc(cc2F)CNC1=O. The molecule has 12 nitrogen and oxygen atoms in total. The fourth-order valence-electron chi connectivity index (χ4n) is 5.11. The van der Waals surface area contributed by atoms with Crippen molar-refractivity contribution in [3.05, 3.63) is 70.8 Å². The molecular formula is C33H41FN6O6. The van der Waals surface area contributed by atoms with Gasteiger partial charge in [0.25, 0.3) is 5.91 Å². The van der Waals surface area contributed by atoms with Crippen LogP contribution < -0.4 is 25.4 Å². The largest absolute Gasteiger partial charge is 0.493 e. The van der Waals surface area contributed by atoms with Crippen LogP contribution in [0.2, 0.25) is 0 Å². The average Bonchev–Trinajstić information content (AvgIpc) is 3.35. The van der Waals surface area contributed by atoms with Crippen molar-refractivity contribution in [2.45, 2.75) is 65.6 Å². The molecule has 5 rings (SSSR count). The van der Waals surface area contributed by atoms with E-state index in [1.165, 1.54) is 25.3 Å². The molecular weight excluding hydrogens is 595 g/mol. The van der Waals surface area contributed by atoms with Crippen molar-refractivity contribution in [1.82, 2.24) is 30.6 Å². The number of hydrogen-bond acceptors (Lipinski definition) is 7. The minimum atomic E-state index is -0.770. The molecule has 13 heteroatoms. The molecule has 0 aliphatic carbocycles. The van der Waals surface area contributed by atoms with Gasteiger partial charge < -0.3 is 30.3 Å². The zero-order valence-electron chi connectivity index (χ0n) is 26.7. The molecule has 2 aliphatic heterocycles. The third-order valence-electron chi connectivity index (χ3n) is 7.63. The maximum absolute atomic E-state index is 15.0. The lowest BCUT2D eigenvalue weighted by molar-refractivity contribution is -0.132. The smallest absolute Gasteiger partial charge is 0.251 e. The maximum atomic E-state index is 15.0. The van der Waals surface area contributed by atoms with Crippen LogP contribution in [-0.4, -0.2) is 71.1 Å². The van der Waals surface area contributed by atoms with Crippen LogP contribution in [0.15, 0.2) is 42.5 Å². The van der Waals surface area contributed by atoms with Gasteiger partial charge in [0.2, 0.25) is 17.7 Å². The van der Waals surface area contributed by atoms with E-state index in [2.05, 4.69) is 21.0 Å². The summed E-state index contributed by atoms with van der Waals surface area (Å²) >= 11 is 0. The van der Waals surface area contributed by atoms with E-state index in [1.54, 1.807) is 34.7 Å². The van der Waals surface area contributed by atoms with E-state index in [1.807, 2.05) is 19.9 Å². The summed E-state index contributed by atoms with van der Waals surface area (Å²) in [5, 5.41) is 12.7. The Hall–Kier alpha value is -4.94. The number of nitrogens with zero attached hydrogens (tertiary/aromatic N) is 3. The summed E-state index contributed by atoms with van der Waals surface area (Å²) in [6.07, 6.45) is 1.30. The first kappa shape index (κ1) is 33.9. The summed E-state index contributed by atoms with van der Waals surface area (Å²) in [6.45, 7) is 6.52. The van der Waals surface area contributed by atoms with Crippen LogP contribution >= 0.6 is 0 Å². The molecule has 0 fully saturated rings. The van der Waals surface area contributed by atoms with Gasteiger partial charge in [0.05, 0.1) is 12.8 Å². The molecule has 4 bridgehead atoms. The highest BCUT2D eigenvalue weighted by Gasteiger charge is 2.21. The molecule has 3 N–H and O–H groups in total. The lowest BCUT2D eigenvalue weighted by Crippen LogP contribution is -2.46. The summed E-state index contributed by atoms with van der Waals surface area (Å²) in [5.41, 5.74) is 2.44. The highest BCUT2D eigenvalue weighted by atomic mass is 19.1. The normalized spacial score (nSPS) is 17.0. The number of aryl methyl sites for hydroxylation is 2. The highest BCUT2D eigenvalue weighted by Crippen LogP contribution is 2.34. The van der Waals surface area contributed by atoms with Crippen LogP contribution in [0.3, 0.4) is 0 Å². The number of hydrogen-bond donors (Lipinski definition) is 3. The van der Waals surface area contributed by atoms with Gasteiger partial charge in [0.1, 0.15) is 12.6 Å². The zero-order chi connectivity index (χ0) is 33.2. The Bertz CT molecular complexity index is 1570. The van der Waals surface area contributed by atoms with Crippen LogP contribution in [0.25, 0.3) is 0 Å². The average molecular weight is 637 g/mol. The van der Waals surface area contributed by atoms with E-state index >= 15 is 4.39 Å². The number of nitrogens with one attached hydrogen (secondary N) is 3. The van der Waals surface area contributed by atoms with Gasteiger partial charge in [0, 0.05) is 43.9 Å². The Kier molecular flexibility index (Phi) is 11.7. The van der Waals surface area contributed by atoms with Gasteiger partial charge in [-0.05, 0) is 75.1 Å². The van der Waals surface area contributed by atoms with Gasteiger partial charge >= 0.3 is 0 Å². The first-order chi connectivity index (χ1) is 22.1. The first-order valence-corrected chi connectivity index (χ1v) is 15.4. The van der Waals surface area contributed by atoms with Crippen LogP contribution in [0.4, 0.5) is 4.39 Å². The van der Waals surface area contributed by atoms with Crippen molar-refractivity contribution >= 4 is 23.6 Å². The van der Waals surface area contributed by atoms with E-state index in [9.17, 15) is 19.2 Å². The number of carbonyl (C=O) groups is 4. The summed E-state index contributed by atoms with van der Waals surface area (Å²) in [5.74, 6) is -1.55. The fourth-order valence-corrected chi connectivity index (χ4v) is 5.11. The van der Waals surface area contributed by atoms with Crippen molar-refractivity contribution in [2.24, 2.45) is 0 Å². The van der Waals surface area contributed by atoms with Crippen molar-refractivity contribution in [3.8, 4) is 17.2 Å². The molecule has 3 aromatic rings. The number of ether oxygens (including phenoxy) is 2. The summed E-state index contributed by atoms with van der Waals surface area (Å²) in [4.78, 5) is 53.6. The van der Waals surface area contributed by atoms with E-state index in [-0.39, 0.29) is 60.8 Å². The van der Waals surface area contributed by atoms with Crippen LogP contribution in [0.1, 0.15) is 59.9 Å². The zero-order valence-corrected chi connectivity index (χ0v) is 26.7. The molecule has 0 spiro atoms. The molecule has 1 aromatic heterocycles. The minimum Gasteiger partial charge on any atom is -0.493 e. The van der Waals surface area contributed by atoms with E-state index in [4.69, 9.17) is 9.47 Å². The van der Waals surface area contributed by atoms with Crippen LogP contribution in [0, 0.1) is 19.7 Å². The van der Waals surface area contributed by atoms with Gasteiger partial charge in [-0.25, -0.2) is 4.39 Å². The number of halogens is 1. The molecule has 0 unspecified atom stereocenters. The molecule has 46 heavy (non-hydrogen) atoms. The third-order valence-corrected chi connectivity index (χ3v) is 7.63. The Morgan fingerprint density at radius 1 is 1.04 bits per heavy atom. The molecule has 0 radical (unpaired) electrons. The minimum absolute atomic E-state index is 0.0354. The van der Waals surface area contributed by atoms with Crippen molar-refractivity contribution in [3.63, 3.8) is 0 Å². The van der Waals surface area contributed by atoms with Gasteiger partial charge in [-0.1, -0.05) is 13.0 Å². The Labute approximate surface area is 267 Å². The number of aromatic nitrogens is 2. The summed E-state index contributed by atoms with van der Waals surface area (Å²) in [6, 6.07) is 10.0. The Morgan fingerprint density at radius 3 is 2.52 bits per heavy atom. The second kappa shape index (κ2) is 15.9. The summed E-state index contributed by atoms with van der Waals surface area (Å²) in [7, 11) is 1.44. The molecule has 2 aliphatic rings. The number of fused-ring (bicyclic) bond motifs is 16. The molecule has 3 heterocycles. The van der Waals surface area contributed by atoms with Crippen molar-refractivity contribution in [1.29, 1.82) is 0 Å². The lowest BCUT2D eigenvalue weighted by atomic mass is 10.1. The summed E-state index contributed by atoms with van der Waals surface area (Å²) < 4.78 is 27.8. The fraction of sp³-hybridized carbons (Fsp3) is 0.424. The van der Waals surface area contributed by atoms with Gasteiger partial charge in [-0.15, -0.1) is 0 Å². The number of benzene rings is 2. The third kappa shape index (κ3) is 9.05. The second-order valence-electron chi connectivity index (χ2n) is 11.2. The highest BCUT2D eigenvalue weighted by molar-refractivity contribution is 5.95. The monoisotopic (exact) mass is 636 g/mol. The van der Waals surface area contributed by atoms with E-state index < -0.39 is 17.8 Å². The number of carbonyl (C=O) groups excluding carboxylic acids is 4. The van der Waals surface area contributed by atoms with Crippen molar-refractivity contribution < 1.29 is 33.0 Å². The van der Waals surface area contributed by atoms with E-state index in [0.29, 0.717) is 43.7 Å². The Balaban J connectivity index is 1.55. The first-order valence-electron chi connectivity index (χ1n) is 15.4. The molecule has 246 valence electrons. The topological polar surface area (TPSA) is 144 Å². The van der Waals surface area contributed by atoms with Gasteiger partial charge in [0.15, 0.2) is 23.1 Å². The van der Waals surface area contributed by atoms with E-state index in [0.717, 1.165) is 11.4 Å². The van der Waals surface area contributed by atoms with Gasteiger partial charge in [-0.3, -0.25) is 23.9 Å². The Morgan fingerprint density at radius 2 is 1.83 bits per heavy atom. The number of methoxy groups -OCH3 is 1. The standard InChI is InChI=1S/C33H41FN6O6/c1-5-26-33(44)36-19-23-9-11-27(25(34)17-23)46-29-18-24(10-12-28(29)45-4)32(43)35-13-7-15-39(14-6-8-30(41)37-26)31(42)20-40-22(3)16-21(2)38-40/h9-12,16-18,26H,5-8,13-15,19-20H2,1-4H3,(H,35,43)(H,36,44)(H,37,41)/t26-/m0/s1. The van der Waals surface area contributed by atoms with Crippen LogP contribution in [-0.2, 0) is 27.5 Å². The lowest BCUT2D eigenvalue weighted by Gasteiger charge is -2.23. The molecule has 0 saturated carbocycles. The predicted octanol–water partition coefficient (Wildman–Crippen LogP) is 3.39. The second-order valence-corrected chi connectivity index (χ2v) is 11.2. The number of amides is 4. The van der Waals surface area contributed by atoms with Gasteiger partial charge in [-0.2, -0.15) is 5.10 Å². The molecule has 0 saturated heterocycles. The molecule has 4 amide bonds. The maximum Gasteiger partial charge on any atom is 0.251 e. The number of rotatable bonds is 4. The van der Waals surface area contributed by atoms with Crippen molar-refractivity contribution in [2.75, 3.05) is 26.7 Å². The quantitative estimate of drug-likeness (QED) is 0.398.